The van der Waals surface area contributed by atoms with Crippen LogP contribution < -0.4 is 5.73 Å². The summed E-state index contributed by atoms with van der Waals surface area (Å²) in [5, 5.41) is 9.60. The average molecular weight is 229 g/mol. The van der Waals surface area contributed by atoms with Gasteiger partial charge in [-0.15, -0.1) is 0 Å². The lowest BCUT2D eigenvalue weighted by Gasteiger charge is -2.23. The van der Waals surface area contributed by atoms with Crippen LogP contribution in [0.4, 0.5) is 0 Å². The van der Waals surface area contributed by atoms with Crippen molar-refractivity contribution < 1.29 is 14.6 Å². The molecule has 1 saturated carbocycles. The van der Waals surface area contributed by atoms with Crippen LogP contribution in [0.5, 0.6) is 0 Å². The van der Waals surface area contributed by atoms with Gasteiger partial charge in [-0.25, -0.2) is 0 Å². The molecule has 1 unspecified atom stereocenters. The SMILES string of the molecule is CC(O)(CN)CC(=O)OCC1CCCCC1. The second-order valence-corrected chi connectivity index (χ2v) is 5.06. The monoisotopic (exact) mass is 229 g/mol. The molecule has 1 fully saturated rings. The molecular formula is C12H23NO3. The van der Waals surface area contributed by atoms with Gasteiger partial charge in [0.2, 0.25) is 0 Å². The molecule has 94 valence electrons. The fourth-order valence-corrected chi connectivity index (χ4v) is 2.00. The maximum atomic E-state index is 11.4. The highest BCUT2D eigenvalue weighted by Gasteiger charge is 2.24. The molecule has 0 bridgehead atoms. The molecule has 1 atom stereocenters. The zero-order valence-corrected chi connectivity index (χ0v) is 10.1. The van der Waals surface area contributed by atoms with Gasteiger partial charge in [-0.05, 0) is 25.7 Å². The van der Waals surface area contributed by atoms with Crippen LogP contribution in [0.3, 0.4) is 0 Å². The topological polar surface area (TPSA) is 72.5 Å². The first kappa shape index (κ1) is 13.5. The second-order valence-electron chi connectivity index (χ2n) is 5.06. The number of carbonyl (C=O) groups is 1. The van der Waals surface area contributed by atoms with Crippen molar-refractivity contribution in [2.45, 2.75) is 51.0 Å². The third kappa shape index (κ3) is 4.94. The van der Waals surface area contributed by atoms with Crippen molar-refractivity contribution in [3.8, 4) is 0 Å². The molecule has 0 amide bonds. The van der Waals surface area contributed by atoms with E-state index in [0.717, 1.165) is 12.8 Å². The Morgan fingerprint density at radius 1 is 1.44 bits per heavy atom. The van der Waals surface area contributed by atoms with Gasteiger partial charge >= 0.3 is 5.97 Å². The van der Waals surface area contributed by atoms with E-state index in [2.05, 4.69) is 0 Å². The highest BCUT2D eigenvalue weighted by molar-refractivity contribution is 5.70. The number of ether oxygens (including phenoxy) is 1. The third-order valence-corrected chi connectivity index (χ3v) is 3.17. The van der Waals surface area contributed by atoms with Gasteiger partial charge in [0.15, 0.2) is 0 Å². The zero-order valence-electron chi connectivity index (χ0n) is 10.1. The first-order chi connectivity index (χ1) is 7.53. The predicted octanol–water partition coefficient (Wildman–Crippen LogP) is 1.21. The van der Waals surface area contributed by atoms with Crippen LogP contribution in [-0.4, -0.2) is 29.8 Å². The number of aliphatic hydroxyl groups is 1. The Morgan fingerprint density at radius 3 is 2.62 bits per heavy atom. The molecule has 0 aromatic carbocycles. The minimum Gasteiger partial charge on any atom is -0.465 e. The van der Waals surface area contributed by atoms with Gasteiger partial charge in [0.25, 0.3) is 0 Å². The van der Waals surface area contributed by atoms with Crippen LogP contribution in [0, 0.1) is 5.92 Å². The Bertz CT molecular complexity index is 222. The van der Waals surface area contributed by atoms with Crippen LogP contribution in [0.1, 0.15) is 45.4 Å². The van der Waals surface area contributed by atoms with Gasteiger partial charge in [-0.3, -0.25) is 4.79 Å². The maximum absolute atomic E-state index is 11.4. The summed E-state index contributed by atoms with van der Waals surface area (Å²) in [5.41, 5.74) is 4.20. The summed E-state index contributed by atoms with van der Waals surface area (Å²) in [6, 6.07) is 0. The summed E-state index contributed by atoms with van der Waals surface area (Å²) in [6.45, 7) is 2.12. The minimum absolute atomic E-state index is 0.0176. The van der Waals surface area contributed by atoms with E-state index in [1.165, 1.54) is 19.3 Å². The molecule has 0 spiro atoms. The van der Waals surface area contributed by atoms with E-state index in [1.807, 2.05) is 0 Å². The molecule has 4 nitrogen and oxygen atoms in total. The maximum Gasteiger partial charge on any atom is 0.308 e. The van der Waals surface area contributed by atoms with Gasteiger partial charge in [-0.2, -0.15) is 0 Å². The molecule has 0 radical (unpaired) electrons. The molecule has 1 aliphatic carbocycles. The Morgan fingerprint density at radius 2 is 2.06 bits per heavy atom. The van der Waals surface area contributed by atoms with Crippen molar-refractivity contribution >= 4 is 5.97 Å². The number of rotatable bonds is 5. The van der Waals surface area contributed by atoms with Crippen LogP contribution >= 0.6 is 0 Å². The van der Waals surface area contributed by atoms with Crippen molar-refractivity contribution in [2.75, 3.05) is 13.2 Å². The smallest absolute Gasteiger partial charge is 0.308 e. The van der Waals surface area contributed by atoms with Crippen molar-refractivity contribution in [1.29, 1.82) is 0 Å². The number of carbonyl (C=O) groups excluding carboxylic acids is 1. The lowest BCUT2D eigenvalue weighted by Crippen LogP contribution is -2.37. The Labute approximate surface area is 97.2 Å². The standard InChI is InChI=1S/C12H23NO3/c1-12(15,9-13)7-11(14)16-8-10-5-3-2-4-6-10/h10,15H,2-9,13H2,1H3. The van der Waals surface area contributed by atoms with Gasteiger partial charge in [0, 0.05) is 6.54 Å². The summed E-state index contributed by atoms with van der Waals surface area (Å²) in [5.74, 6) is 0.168. The molecule has 1 rings (SSSR count). The van der Waals surface area contributed by atoms with Crippen LogP contribution in [0.2, 0.25) is 0 Å². The van der Waals surface area contributed by atoms with Crippen LogP contribution in [0.25, 0.3) is 0 Å². The van der Waals surface area contributed by atoms with E-state index in [-0.39, 0.29) is 18.9 Å². The normalized spacial score (nSPS) is 21.4. The third-order valence-electron chi connectivity index (χ3n) is 3.17. The van der Waals surface area contributed by atoms with E-state index >= 15 is 0 Å². The average Bonchev–Trinajstić information content (AvgIpc) is 2.27. The molecule has 0 heterocycles. The lowest BCUT2D eigenvalue weighted by atomic mass is 9.90. The van der Waals surface area contributed by atoms with Crippen LogP contribution in [0.15, 0.2) is 0 Å². The van der Waals surface area contributed by atoms with E-state index in [4.69, 9.17) is 10.5 Å². The first-order valence-corrected chi connectivity index (χ1v) is 6.11. The molecule has 0 aromatic heterocycles. The summed E-state index contributed by atoms with van der Waals surface area (Å²) in [4.78, 5) is 11.4. The Balaban J connectivity index is 2.19. The van der Waals surface area contributed by atoms with Crippen molar-refractivity contribution in [3.05, 3.63) is 0 Å². The number of hydrogen-bond acceptors (Lipinski definition) is 4. The molecule has 4 heteroatoms. The molecule has 0 saturated heterocycles. The van der Waals surface area contributed by atoms with Crippen LogP contribution in [-0.2, 0) is 9.53 Å². The number of hydrogen-bond donors (Lipinski definition) is 2. The summed E-state index contributed by atoms with van der Waals surface area (Å²) in [7, 11) is 0. The minimum atomic E-state index is -1.14. The largest absolute Gasteiger partial charge is 0.465 e. The molecule has 16 heavy (non-hydrogen) atoms. The summed E-state index contributed by atoms with van der Waals surface area (Å²) >= 11 is 0. The lowest BCUT2D eigenvalue weighted by molar-refractivity contribution is -0.150. The van der Waals surface area contributed by atoms with E-state index < -0.39 is 5.60 Å². The van der Waals surface area contributed by atoms with Crippen molar-refractivity contribution in [3.63, 3.8) is 0 Å². The fraction of sp³-hybridized carbons (Fsp3) is 0.917. The van der Waals surface area contributed by atoms with Crippen molar-refractivity contribution in [1.82, 2.24) is 0 Å². The Kier molecular flexibility index (Phi) is 5.22. The quantitative estimate of drug-likeness (QED) is 0.695. The molecule has 1 aliphatic rings. The highest BCUT2D eigenvalue weighted by atomic mass is 16.5. The molecular weight excluding hydrogens is 206 g/mol. The first-order valence-electron chi connectivity index (χ1n) is 6.11. The van der Waals surface area contributed by atoms with Gasteiger partial charge in [0.1, 0.15) is 0 Å². The van der Waals surface area contributed by atoms with E-state index in [0.29, 0.717) is 12.5 Å². The molecule has 3 N–H and O–H groups in total. The van der Waals surface area contributed by atoms with E-state index in [9.17, 15) is 9.90 Å². The van der Waals surface area contributed by atoms with Gasteiger partial charge in [-0.1, -0.05) is 19.3 Å². The zero-order chi connectivity index (χ0) is 12.0. The summed E-state index contributed by atoms with van der Waals surface area (Å²) < 4.78 is 5.16. The molecule has 0 aromatic rings. The molecule has 0 aliphatic heterocycles. The van der Waals surface area contributed by atoms with Crippen molar-refractivity contribution in [2.24, 2.45) is 11.7 Å². The van der Waals surface area contributed by atoms with Gasteiger partial charge < -0.3 is 15.6 Å². The second kappa shape index (κ2) is 6.21. The fourth-order valence-electron chi connectivity index (χ4n) is 2.00. The summed E-state index contributed by atoms with van der Waals surface area (Å²) in [6.07, 6.45) is 6.06. The number of nitrogens with two attached hydrogens (primary N) is 1. The van der Waals surface area contributed by atoms with Gasteiger partial charge in [0.05, 0.1) is 18.6 Å². The predicted molar refractivity (Wildman–Crippen MR) is 61.8 cm³/mol. The number of esters is 1. The highest BCUT2D eigenvalue weighted by Crippen LogP contribution is 2.24. The Hall–Kier alpha value is -0.610. The van der Waals surface area contributed by atoms with E-state index in [1.54, 1.807) is 6.92 Å².